The first-order valence-electron chi connectivity index (χ1n) is 5.92. The third-order valence-electron chi connectivity index (χ3n) is 2.76. The van der Waals surface area contributed by atoms with Crippen molar-refractivity contribution in [3.63, 3.8) is 0 Å². The molecule has 5 nitrogen and oxygen atoms in total. The molecule has 0 saturated heterocycles. The van der Waals surface area contributed by atoms with Crippen LogP contribution in [0.4, 0.5) is 5.69 Å². The zero-order valence-electron chi connectivity index (χ0n) is 10.2. The van der Waals surface area contributed by atoms with Crippen LogP contribution < -0.4 is 10.9 Å². The number of rotatable bonds is 4. The first kappa shape index (κ1) is 12.1. The first-order valence-corrected chi connectivity index (χ1v) is 5.92. The molecule has 0 fully saturated rings. The van der Waals surface area contributed by atoms with Gasteiger partial charge >= 0.3 is 0 Å². The number of anilines is 1. The molecule has 92 valence electrons. The summed E-state index contributed by atoms with van der Waals surface area (Å²) < 4.78 is 0. The van der Waals surface area contributed by atoms with Crippen LogP contribution in [0.3, 0.4) is 0 Å². The molecule has 0 aliphatic rings. The summed E-state index contributed by atoms with van der Waals surface area (Å²) in [6, 6.07) is 3.75. The Labute approximate surface area is 104 Å². The molecule has 5 heteroatoms. The van der Waals surface area contributed by atoms with Crippen molar-refractivity contribution in [2.24, 2.45) is 0 Å². The number of aromatic nitrogens is 2. The molecule has 0 atom stereocenters. The molecule has 2 aromatic rings. The Hall–Kier alpha value is -2.35. The van der Waals surface area contributed by atoms with Crippen LogP contribution >= 0.6 is 0 Å². The van der Waals surface area contributed by atoms with E-state index in [4.69, 9.17) is 5.26 Å². The maximum Gasteiger partial charge on any atom is 0.268 e. The predicted molar refractivity (Wildman–Crippen MR) is 70.5 cm³/mol. The second kappa shape index (κ2) is 5.32. The number of hydrogen-bond acceptors (Lipinski definition) is 4. The number of H-pyrrole nitrogens is 1. The normalized spacial score (nSPS) is 10.2. The van der Waals surface area contributed by atoms with Crippen molar-refractivity contribution < 1.29 is 0 Å². The van der Waals surface area contributed by atoms with E-state index in [1.165, 1.54) is 0 Å². The molecule has 0 aliphatic heterocycles. The average molecular weight is 242 g/mol. The SMILES string of the molecule is CCCCNc1c(C#N)c(=O)[nH]c2cnccc12. The Morgan fingerprint density at radius 1 is 1.56 bits per heavy atom. The zero-order chi connectivity index (χ0) is 13.0. The van der Waals surface area contributed by atoms with E-state index in [1.807, 2.05) is 6.07 Å². The van der Waals surface area contributed by atoms with Crippen LogP contribution in [0.5, 0.6) is 0 Å². The molecule has 0 aliphatic carbocycles. The molecule has 0 saturated carbocycles. The fourth-order valence-corrected chi connectivity index (χ4v) is 1.83. The van der Waals surface area contributed by atoms with Gasteiger partial charge in [0.15, 0.2) is 0 Å². The average Bonchev–Trinajstić information content (AvgIpc) is 2.38. The fourth-order valence-electron chi connectivity index (χ4n) is 1.83. The van der Waals surface area contributed by atoms with E-state index in [1.54, 1.807) is 18.5 Å². The number of unbranched alkanes of at least 4 members (excludes halogenated alkanes) is 1. The summed E-state index contributed by atoms with van der Waals surface area (Å²) >= 11 is 0. The van der Waals surface area contributed by atoms with Crippen LogP contribution in [0.2, 0.25) is 0 Å². The van der Waals surface area contributed by atoms with Gasteiger partial charge < -0.3 is 10.3 Å². The minimum atomic E-state index is -0.378. The van der Waals surface area contributed by atoms with Crippen LogP contribution in [0.15, 0.2) is 23.3 Å². The largest absolute Gasteiger partial charge is 0.383 e. The molecule has 0 bridgehead atoms. The zero-order valence-corrected chi connectivity index (χ0v) is 10.2. The highest BCUT2D eigenvalue weighted by Gasteiger charge is 2.11. The van der Waals surface area contributed by atoms with Crippen LogP contribution in [0.1, 0.15) is 25.3 Å². The second-order valence-electron chi connectivity index (χ2n) is 4.02. The smallest absolute Gasteiger partial charge is 0.268 e. The van der Waals surface area contributed by atoms with Gasteiger partial charge in [-0.05, 0) is 12.5 Å². The van der Waals surface area contributed by atoms with Gasteiger partial charge in [-0.1, -0.05) is 13.3 Å². The van der Waals surface area contributed by atoms with Gasteiger partial charge in [0.2, 0.25) is 0 Å². The lowest BCUT2D eigenvalue weighted by Gasteiger charge is -2.10. The lowest BCUT2D eigenvalue weighted by atomic mass is 10.1. The van der Waals surface area contributed by atoms with E-state index in [9.17, 15) is 4.79 Å². The Balaban J connectivity index is 2.58. The molecule has 18 heavy (non-hydrogen) atoms. The van der Waals surface area contributed by atoms with Crippen LogP contribution in [0, 0.1) is 11.3 Å². The van der Waals surface area contributed by atoms with Crippen LogP contribution in [-0.2, 0) is 0 Å². The van der Waals surface area contributed by atoms with Crippen molar-refractivity contribution >= 4 is 16.6 Å². The minimum Gasteiger partial charge on any atom is -0.383 e. The van der Waals surface area contributed by atoms with Crippen molar-refractivity contribution in [1.82, 2.24) is 9.97 Å². The highest BCUT2D eigenvalue weighted by molar-refractivity contribution is 5.93. The Kier molecular flexibility index (Phi) is 3.58. The summed E-state index contributed by atoms with van der Waals surface area (Å²) in [6.45, 7) is 2.83. The van der Waals surface area contributed by atoms with Crippen LogP contribution in [0.25, 0.3) is 10.9 Å². The molecule has 0 radical (unpaired) electrons. The number of nitrogens with one attached hydrogen (secondary N) is 2. The lowest BCUT2D eigenvalue weighted by molar-refractivity contribution is 0.834. The standard InChI is InChI=1S/C13H14N4O/c1-2-3-5-16-12-9-4-6-15-8-11(9)17-13(18)10(12)7-14/h4,6,8H,2-3,5H2,1H3,(H2,16,17,18). The van der Waals surface area contributed by atoms with E-state index >= 15 is 0 Å². The summed E-state index contributed by atoms with van der Waals surface area (Å²) in [5.41, 5.74) is 0.995. The van der Waals surface area contributed by atoms with E-state index in [-0.39, 0.29) is 11.1 Å². The van der Waals surface area contributed by atoms with Gasteiger partial charge in [-0.15, -0.1) is 0 Å². The number of hydrogen-bond donors (Lipinski definition) is 2. The molecule has 2 aromatic heterocycles. The van der Waals surface area contributed by atoms with Crippen LogP contribution in [-0.4, -0.2) is 16.5 Å². The molecule has 2 heterocycles. The van der Waals surface area contributed by atoms with E-state index < -0.39 is 0 Å². The molecular formula is C13H14N4O. The van der Waals surface area contributed by atoms with Crippen molar-refractivity contribution in [1.29, 1.82) is 5.26 Å². The topological polar surface area (TPSA) is 81.6 Å². The highest BCUT2D eigenvalue weighted by atomic mass is 16.1. The van der Waals surface area contributed by atoms with Crippen molar-refractivity contribution in [3.8, 4) is 6.07 Å². The summed E-state index contributed by atoms with van der Waals surface area (Å²) in [5.74, 6) is 0. The van der Waals surface area contributed by atoms with E-state index in [2.05, 4.69) is 22.2 Å². The Bertz CT molecular complexity index is 654. The number of fused-ring (bicyclic) bond motifs is 1. The highest BCUT2D eigenvalue weighted by Crippen LogP contribution is 2.22. The third-order valence-corrected chi connectivity index (χ3v) is 2.76. The van der Waals surface area contributed by atoms with Gasteiger partial charge in [-0.25, -0.2) is 0 Å². The number of nitrogens with zero attached hydrogens (tertiary/aromatic N) is 2. The summed E-state index contributed by atoms with van der Waals surface area (Å²) in [6.07, 6.45) is 5.28. The van der Waals surface area contributed by atoms with Gasteiger partial charge in [0, 0.05) is 18.1 Å². The molecule has 0 aromatic carbocycles. The van der Waals surface area contributed by atoms with Gasteiger partial charge in [0.1, 0.15) is 11.6 Å². The van der Waals surface area contributed by atoms with Crippen molar-refractivity contribution in [2.45, 2.75) is 19.8 Å². The van der Waals surface area contributed by atoms with Crippen molar-refractivity contribution in [2.75, 3.05) is 11.9 Å². The van der Waals surface area contributed by atoms with Gasteiger partial charge in [-0.3, -0.25) is 9.78 Å². The number of aromatic amines is 1. The minimum absolute atomic E-state index is 0.129. The first-order chi connectivity index (χ1) is 8.77. The maximum atomic E-state index is 11.8. The quantitative estimate of drug-likeness (QED) is 0.803. The molecular weight excluding hydrogens is 228 g/mol. The predicted octanol–water partition coefficient (Wildman–Crippen LogP) is 2.01. The fraction of sp³-hybridized carbons (Fsp3) is 0.308. The maximum absolute atomic E-state index is 11.8. The lowest BCUT2D eigenvalue weighted by Crippen LogP contribution is -2.15. The monoisotopic (exact) mass is 242 g/mol. The van der Waals surface area contributed by atoms with Gasteiger partial charge in [0.25, 0.3) is 5.56 Å². The third kappa shape index (κ3) is 2.18. The summed E-state index contributed by atoms with van der Waals surface area (Å²) in [4.78, 5) is 18.4. The Morgan fingerprint density at radius 2 is 2.39 bits per heavy atom. The number of nitriles is 1. The Morgan fingerprint density at radius 3 is 3.11 bits per heavy atom. The molecule has 0 amide bonds. The van der Waals surface area contributed by atoms with E-state index in [0.29, 0.717) is 11.2 Å². The van der Waals surface area contributed by atoms with Gasteiger partial charge in [-0.2, -0.15) is 5.26 Å². The molecule has 2 rings (SSSR count). The molecule has 0 unspecified atom stereocenters. The summed E-state index contributed by atoms with van der Waals surface area (Å²) in [5, 5.41) is 13.1. The molecule has 2 N–H and O–H groups in total. The number of pyridine rings is 2. The second-order valence-corrected chi connectivity index (χ2v) is 4.02. The van der Waals surface area contributed by atoms with Crippen molar-refractivity contribution in [3.05, 3.63) is 34.4 Å². The molecule has 0 spiro atoms. The van der Waals surface area contributed by atoms with E-state index in [0.717, 1.165) is 24.8 Å². The summed E-state index contributed by atoms with van der Waals surface area (Å²) in [7, 11) is 0. The van der Waals surface area contributed by atoms with Gasteiger partial charge in [0.05, 0.1) is 17.4 Å².